The van der Waals surface area contributed by atoms with E-state index in [-0.39, 0.29) is 0 Å². The second-order valence-electron chi connectivity index (χ2n) is 5.80. The van der Waals surface area contributed by atoms with E-state index < -0.39 is 0 Å². The molecule has 2 aliphatic rings. The maximum absolute atomic E-state index is 3.55. The molecule has 0 amide bonds. The molecule has 2 aliphatic heterocycles. The zero-order chi connectivity index (χ0) is 12.4. The van der Waals surface area contributed by atoms with Crippen LogP contribution in [0.1, 0.15) is 42.7 Å². The molecule has 1 unspecified atom stereocenters. The van der Waals surface area contributed by atoms with E-state index in [1.165, 1.54) is 56.6 Å². The minimum absolute atomic E-state index is 0.717. The van der Waals surface area contributed by atoms with Crippen LogP contribution in [0, 0.1) is 6.92 Å². The van der Waals surface area contributed by atoms with Gasteiger partial charge in [0.25, 0.3) is 0 Å². The second-order valence-corrected chi connectivity index (χ2v) is 5.80. The molecule has 0 aromatic heterocycles. The predicted octanol–water partition coefficient (Wildman–Crippen LogP) is 3.06. The molecule has 2 heteroatoms. The molecular formula is C16H24N2. The van der Waals surface area contributed by atoms with Crippen LogP contribution in [0.4, 0.5) is 5.69 Å². The summed E-state index contributed by atoms with van der Waals surface area (Å²) in [5, 5.41) is 3.55. The fourth-order valence-electron chi connectivity index (χ4n) is 3.36. The van der Waals surface area contributed by atoms with Crippen LogP contribution in [0.5, 0.6) is 0 Å². The molecule has 1 aromatic rings. The highest BCUT2D eigenvalue weighted by Crippen LogP contribution is 2.34. The van der Waals surface area contributed by atoms with Gasteiger partial charge in [-0.3, -0.25) is 0 Å². The average molecular weight is 244 g/mol. The monoisotopic (exact) mass is 244 g/mol. The first-order valence-electron chi connectivity index (χ1n) is 7.41. The third kappa shape index (κ3) is 2.39. The molecule has 0 saturated carbocycles. The Bertz CT molecular complexity index is 402. The Morgan fingerprint density at radius 2 is 2.00 bits per heavy atom. The largest absolute Gasteiger partial charge is 0.371 e. The van der Waals surface area contributed by atoms with E-state index in [0.29, 0.717) is 5.92 Å². The van der Waals surface area contributed by atoms with Gasteiger partial charge in [0.05, 0.1) is 0 Å². The van der Waals surface area contributed by atoms with Crippen molar-refractivity contribution in [2.45, 2.75) is 38.5 Å². The Kier molecular flexibility index (Phi) is 3.55. The van der Waals surface area contributed by atoms with E-state index in [1.807, 2.05) is 0 Å². The topological polar surface area (TPSA) is 15.3 Å². The Morgan fingerprint density at radius 1 is 1.17 bits per heavy atom. The Labute approximate surface area is 110 Å². The van der Waals surface area contributed by atoms with Gasteiger partial charge in [-0.05, 0) is 56.7 Å². The number of nitrogens with one attached hydrogen (secondary N) is 1. The van der Waals surface area contributed by atoms with Crippen molar-refractivity contribution in [3.8, 4) is 0 Å². The van der Waals surface area contributed by atoms with Crippen LogP contribution in [0.3, 0.4) is 0 Å². The fourth-order valence-corrected chi connectivity index (χ4v) is 3.36. The second kappa shape index (κ2) is 5.31. The number of hydrogen-bond donors (Lipinski definition) is 1. The maximum atomic E-state index is 3.55. The molecule has 18 heavy (non-hydrogen) atoms. The number of benzene rings is 1. The van der Waals surface area contributed by atoms with Gasteiger partial charge < -0.3 is 10.2 Å². The molecule has 0 spiro atoms. The van der Waals surface area contributed by atoms with E-state index in [2.05, 4.69) is 35.3 Å². The van der Waals surface area contributed by atoms with Crippen LogP contribution in [-0.4, -0.2) is 26.2 Å². The molecule has 2 nitrogen and oxygen atoms in total. The van der Waals surface area contributed by atoms with Crippen LogP contribution in [0.2, 0.25) is 0 Å². The molecule has 2 heterocycles. The predicted molar refractivity (Wildman–Crippen MR) is 77.5 cm³/mol. The first-order valence-corrected chi connectivity index (χ1v) is 7.41. The van der Waals surface area contributed by atoms with E-state index in [0.717, 1.165) is 6.54 Å². The zero-order valence-corrected chi connectivity index (χ0v) is 11.4. The summed E-state index contributed by atoms with van der Waals surface area (Å²) in [7, 11) is 0. The van der Waals surface area contributed by atoms with Gasteiger partial charge in [-0.15, -0.1) is 0 Å². The van der Waals surface area contributed by atoms with Crippen LogP contribution >= 0.6 is 0 Å². The number of nitrogens with zero attached hydrogens (tertiary/aromatic N) is 1. The average Bonchev–Trinajstić information content (AvgIpc) is 2.93. The summed E-state index contributed by atoms with van der Waals surface area (Å²) in [6.07, 6.45) is 5.38. The van der Waals surface area contributed by atoms with Crippen LogP contribution in [0.25, 0.3) is 0 Å². The van der Waals surface area contributed by atoms with Gasteiger partial charge in [-0.25, -0.2) is 0 Å². The molecule has 1 atom stereocenters. The first-order chi connectivity index (χ1) is 8.84. The minimum Gasteiger partial charge on any atom is -0.371 e. The summed E-state index contributed by atoms with van der Waals surface area (Å²) < 4.78 is 0. The molecule has 0 aliphatic carbocycles. The number of hydrogen-bond acceptors (Lipinski definition) is 2. The van der Waals surface area contributed by atoms with Crippen molar-refractivity contribution in [1.29, 1.82) is 0 Å². The van der Waals surface area contributed by atoms with Crippen LogP contribution in [-0.2, 0) is 0 Å². The van der Waals surface area contributed by atoms with Gasteiger partial charge in [0.2, 0.25) is 0 Å². The van der Waals surface area contributed by atoms with E-state index in [4.69, 9.17) is 0 Å². The molecule has 0 bridgehead atoms. The van der Waals surface area contributed by atoms with Crippen molar-refractivity contribution >= 4 is 5.69 Å². The lowest BCUT2D eigenvalue weighted by Crippen LogP contribution is -2.30. The molecule has 3 rings (SSSR count). The van der Waals surface area contributed by atoms with E-state index >= 15 is 0 Å². The summed E-state index contributed by atoms with van der Waals surface area (Å²) in [6.45, 7) is 7.06. The third-order valence-electron chi connectivity index (χ3n) is 4.37. The maximum Gasteiger partial charge on any atom is 0.0402 e. The van der Waals surface area contributed by atoms with Crippen molar-refractivity contribution in [2.75, 3.05) is 31.1 Å². The number of piperidine rings is 1. The Balaban J connectivity index is 1.91. The van der Waals surface area contributed by atoms with Crippen molar-refractivity contribution in [2.24, 2.45) is 0 Å². The summed E-state index contributed by atoms with van der Waals surface area (Å²) in [5.74, 6) is 0.717. The summed E-state index contributed by atoms with van der Waals surface area (Å²) >= 11 is 0. The lowest BCUT2D eigenvalue weighted by atomic mass is 9.89. The molecule has 2 saturated heterocycles. The highest BCUT2D eigenvalue weighted by Gasteiger charge is 2.22. The van der Waals surface area contributed by atoms with E-state index in [1.54, 1.807) is 5.56 Å². The molecule has 2 fully saturated rings. The van der Waals surface area contributed by atoms with Crippen molar-refractivity contribution < 1.29 is 0 Å². The lowest BCUT2D eigenvalue weighted by molar-refractivity contribution is 0.461. The molecule has 98 valence electrons. The number of anilines is 1. The van der Waals surface area contributed by atoms with Gasteiger partial charge in [0, 0.05) is 25.3 Å². The Morgan fingerprint density at radius 3 is 2.72 bits per heavy atom. The van der Waals surface area contributed by atoms with E-state index in [9.17, 15) is 0 Å². The van der Waals surface area contributed by atoms with Crippen molar-refractivity contribution in [3.05, 3.63) is 29.3 Å². The normalized spacial score (nSPS) is 24.5. The van der Waals surface area contributed by atoms with Crippen LogP contribution < -0.4 is 10.2 Å². The minimum atomic E-state index is 0.717. The fraction of sp³-hybridized carbons (Fsp3) is 0.625. The highest BCUT2D eigenvalue weighted by atomic mass is 15.1. The molecular weight excluding hydrogens is 220 g/mol. The lowest BCUT2D eigenvalue weighted by Gasteiger charge is -2.29. The number of rotatable bonds is 2. The van der Waals surface area contributed by atoms with Crippen molar-refractivity contribution in [3.63, 3.8) is 0 Å². The summed E-state index contributed by atoms with van der Waals surface area (Å²) in [6, 6.07) is 7.04. The molecule has 0 radical (unpaired) electrons. The standard InChI is InChI=1S/C16H24N2/c1-13-6-7-16(18-9-2-3-10-18)15(11-13)14-5-4-8-17-12-14/h6-7,11,14,17H,2-5,8-10,12H2,1H3. The van der Waals surface area contributed by atoms with Gasteiger partial charge >= 0.3 is 0 Å². The van der Waals surface area contributed by atoms with Gasteiger partial charge in [-0.2, -0.15) is 0 Å². The third-order valence-corrected chi connectivity index (χ3v) is 4.37. The SMILES string of the molecule is Cc1ccc(N2CCCC2)c(C2CCCNC2)c1. The van der Waals surface area contributed by atoms with Gasteiger partial charge in [0.1, 0.15) is 0 Å². The molecule has 1 aromatic carbocycles. The zero-order valence-electron chi connectivity index (χ0n) is 11.4. The van der Waals surface area contributed by atoms with Gasteiger partial charge in [-0.1, -0.05) is 17.7 Å². The molecule has 1 N–H and O–H groups in total. The van der Waals surface area contributed by atoms with Crippen molar-refractivity contribution in [1.82, 2.24) is 5.32 Å². The Hall–Kier alpha value is -1.02. The quantitative estimate of drug-likeness (QED) is 0.860. The summed E-state index contributed by atoms with van der Waals surface area (Å²) in [4.78, 5) is 2.59. The van der Waals surface area contributed by atoms with Gasteiger partial charge in [0.15, 0.2) is 0 Å². The summed E-state index contributed by atoms with van der Waals surface area (Å²) in [5.41, 5.74) is 4.49. The first kappa shape index (κ1) is 12.0. The highest BCUT2D eigenvalue weighted by molar-refractivity contribution is 5.57. The smallest absolute Gasteiger partial charge is 0.0402 e. The number of aryl methyl sites for hydroxylation is 1. The van der Waals surface area contributed by atoms with Crippen LogP contribution in [0.15, 0.2) is 18.2 Å².